The molecule has 0 amide bonds. The number of carbonyl (C=O) groups is 7. The van der Waals surface area contributed by atoms with Crippen molar-refractivity contribution in [1.82, 2.24) is 0 Å². The summed E-state index contributed by atoms with van der Waals surface area (Å²) in [7, 11) is 0. The number of aliphatic carboxylic acids is 2. The van der Waals surface area contributed by atoms with Crippen LogP contribution in [0.25, 0.3) is 0 Å². The van der Waals surface area contributed by atoms with E-state index in [1.54, 1.807) is 6.92 Å². The van der Waals surface area contributed by atoms with Crippen LogP contribution < -0.4 is 0 Å². The number of aliphatic hydroxyl groups is 1. The summed E-state index contributed by atoms with van der Waals surface area (Å²) in [5.74, 6) is -16.7. The maximum absolute atomic E-state index is 14.5. The zero-order chi connectivity index (χ0) is 42.3. The molecule has 60 heavy (non-hydrogen) atoms. The molecule has 3 N–H and O–H groups in total. The standard InChI is InChI=1S/C44H58O16/c1-17-20-15-23(37(44(54)59-27-8-4-6-11-56-27)36(20)43(53)58-26-7-3-5-10-55-26)28(17)30-19-13-21(22(14-19)41(51)57-12-9-45)31(30)33-25-16-24(34(38(46)47)35(25)39(48)49)32(33)29-18(2)40(50)60-42(29)52/h17-37,45H,3-16H2,1-2H3,(H,46,47)(H,48,49). The number of ether oxygens (including phenoxy) is 6. The quantitative estimate of drug-likeness (QED) is 0.145. The van der Waals surface area contributed by atoms with Crippen LogP contribution >= 0.6 is 0 Å². The van der Waals surface area contributed by atoms with Crippen LogP contribution in [0, 0.1) is 112 Å². The first kappa shape index (κ1) is 41.7. The van der Waals surface area contributed by atoms with E-state index in [2.05, 4.69) is 6.92 Å². The van der Waals surface area contributed by atoms with Crippen molar-refractivity contribution >= 4 is 41.8 Å². The Labute approximate surface area is 348 Å². The normalized spacial score (nSPS) is 47.6. The molecular weight excluding hydrogens is 784 g/mol. The number of carbonyl (C=O) groups excluding carboxylic acids is 5. The Morgan fingerprint density at radius 1 is 0.617 bits per heavy atom. The lowest BCUT2D eigenvalue weighted by Gasteiger charge is -2.52. The third kappa shape index (κ3) is 6.67. The molecule has 3 heterocycles. The molecule has 9 rings (SSSR count). The minimum atomic E-state index is -1.28. The summed E-state index contributed by atoms with van der Waals surface area (Å²) in [5.41, 5.74) is 0. The van der Waals surface area contributed by atoms with Crippen LogP contribution in [0.1, 0.15) is 78.1 Å². The summed E-state index contributed by atoms with van der Waals surface area (Å²) in [6, 6.07) is 0. The highest BCUT2D eigenvalue weighted by Gasteiger charge is 2.74. The number of hydrogen-bond acceptors (Lipinski definition) is 14. The second kappa shape index (κ2) is 16.2. The average molecular weight is 843 g/mol. The van der Waals surface area contributed by atoms with Crippen molar-refractivity contribution in [3.8, 4) is 0 Å². The molecule has 9 aliphatic rings. The summed E-state index contributed by atoms with van der Waals surface area (Å²) in [4.78, 5) is 95.3. The van der Waals surface area contributed by atoms with Gasteiger partial charge in [-0.2, -0.15) is 0 Å². The van der Waals surface area contributed by atoms with Gasteiger partial charge in [-0.1, -0.05) is 13.8 Å². The molecule has 330 valence electrons. The highest BCUT2D eigenvalue weighted by molar-refractivity contribution is 5.96. The van der Waals surface area contributed by atoms with Gasteiger partial charge in [0.1, 0.15) is 6.61 Å². The minimum Gasteiger partial charge on any atom is -0.481 e. The Morgan fingerprint density at radius 3 is 1.70 bits per heavy atom. The molecule has 21 unspecified atom stereocenters. The predicted octanol–water partition coefficient (Wildman–Crippen LogP) is 3.30. The summed E-state index contributed by atoms with van der Waals surface area (Å²) in [6.45, 7) is 4.08. The number of rotatable bonds is 12. The molecule has 6 aliphatic carbocycles. The Kier molecular flexibility index (Phi) is 11.3. The second-order valence-corrected chi connectivity index (χ2v) is 19.6. The lowest BCUT2D eigenvalue weighted by Crippen LogP contribution is -2.54. The van der Waals surface area contributed by atoms with Crippen LogP contribution in [0.3, 0.4) is 0 Å². The van der Waals surface area contributed by atoms with Gasteiger partial charge in [-0.3, -0.25) is 33.6 Å². The first-order valence-electron chi connectivity index (χ1n) is 22.4. The smallest absolute Gasteiger partial charge is 0.317 e. The van der Waals surface area contributed by atoms with Gasteiger partial charge in [-0.05, 0) is 122 Å². The molecule has 16 nitrogen and oxygen atoms in total. The second-order valence-electron chi connectivity index (χ2n) is 19.6. The van der Waals surface area contributed by atoms with E-state index in [1.807, 2.05) is 0 Å². The maximum Gasteiger partial charge on any atom is 0.317 e. The molecule has 0 aromatic heterocycles. The molecule has 3 saturated heterocycles. The number of carboxylic acids is 2. The molecule has 21 atom stereocenters. The van der Waals surface area contributed by atoms with Gasteiger partial charge in [0.15, 0.2) is 0 Å². The van der Waals surface area contributed by atoms with Crippen LogP contribution in [0.5, 0.6) is 0 Å². The first-order chi connectivity index (χ1) is 28.8. The van der Waals surface area contributed by atoms with Crippen LogP contribution in [0.15, 0.2) is 0 Å². The number of esters is 5. The number of fused-ring (bicyclic) bond motifs is 6. The zero-order valence-electron chi connectivity index (χ0n) is 34.2. The van der Waals surface area contributed by atoms with Gasteiger partial charge >= 0.3 is 41.8 Å². The molecular formula is C44H58O16. The largest absolute Gasteiger partial charge is 0.481 e. The highest BCUT2D eigenvalue weighted by Crippen LogP contribution is 2.74. The maximum atomic E-state index is 14.5. The zero-order valence-corrected chi connectivity index (χ0v) is 34.2. The lowest BCUT2D eigenvalue weighted by molar-refractivity contribution is -0.207. The highest BCUT2D eigenvalue weighted by atomic mass is 16.7. The summed E-state index contributed by atoms with van der Waals surface area (Å²) in [5, 5.41) is 30.8. The van der Waals surface area contributed by atoms with Gasteiger partial charge in [0.25, 0.3) is 0 Å². The predicted molar refractivity (Wildman–Crippen MR) is 200 cm³/mol. The van der Waals surface area contributed by atoms with E-state index in [0.717, 1.165) is 25.7 Å². The lowest BCUT2D eigenvalue weighted by atomic mass is 9.51. The van der Waals surface area contributed by atoms with Crippen molar-refractivity contribution in [2.24, 2.45) is 112 Å². The van der Waals surface area contributed by atoms with E-state index in [-0.39, 0.29) is 61.1 Å². The van der Waals surface area contributed by atoms with Crippen molar-refractivity contribution < 1.29 is 77.3 Å². The number of carboxylic acid groups (broad SMARTS) is 2. The molecule has 6 saturated carbocycles. The molecule has 3 aliphatic heterocycles. The van der Waals surface area contributed by atoms with Crippen LogP contribution in [0.4, 0.5) is 0 Å². The van der Waals surface area contributed by atoms with Crippen molar-refractivity contribution in [3.63, 3.8) is 0 Å². The topological polar surface area (TPSA) is 236 Å². The molecule has 6 bridgehead atoms. The van der Waals surface area contributed by atoms with Crippen molar-refractivity contribution in [2.45, 2.75) is 90.6 Å². The van der Waals surface area contributed by atoms with E-state index in [0.29, 0.717) is 45.3 Å². The molecule has 0 radical (unpaired) electrons. The minimum absolute atomic E-state index is 0.0780. The SMILES string of the molecule is CC1C(=O)OC(=O)C1C1C2CC(C(C(=O)O)C2C(=O)O)C1C1C2CC(CC2C(=O)OCCO)C1C1C(C)C2CC1C(C(=O)OC1CCCCO1)C2C(=O)OC1CCCCO1. The number of aliphatic hydroxyl groups excluding tert-OH is 1. The fourth-order valence-corrected chi connectivity index (χ4v) is 15.5. The monoisotopic (exact) mass is 842 g/mol. The summed E-state index contributed by atoms with van der Waals surface area (Å²) < 4.78 is 34.3. The van der Waals surface area contributed by atoms with E-state index < -0.39 is 125 Å². The first-order valence-corrected chi connectivity index (χ1v) is 22.4. The summed E-state index contributed by atoms with van der Waals surface area (Å²) >= 11 is 0. The third-order valence-electron chi connectivity index (χ3n) is 17.3. The molecule has 0 aromatic carbocycles. The number of cyclic esters (lactones) is 2. The fraction of sp³-hybridized carbons (Fsp3) is 0.841. The molecule has 16 heteroatoms. The van der Waals surface area contributed by atoms with Gasteiger partial charge in [-0.15, -0.1) is 0 Å². The fourth-order valence-electron chi connectivity index (χ4n) is 15.5. The van der Waals surface area contributed by atoms with Crippen LogP contribution in [-0.4, -0.2) is 96.1 Å². The Bertz CT molecular complexity index is 1750. The van der Waals surface area contributed by atoms with Gasteiger partial charge in [0, 0.05) is 12.8 Å². The van der Waals surface area contributed by atoms with Gasteiger partial charge in [-0.25, -0.2) is 0 Å². The van der Waals surface area contributed by atoms with E-state index in [1.165, 1.54) is 0 Å². The van der Waals surface area contributed by atoms with Crippen LogP contribution in [-0.2, 0) is 62.0 Å². The van der Waals surface area contributed by atoms with E-state index >= 15 is 0 Å². The Morgan fingerprint density at radius 2 is 1.17 bits per heavy atom. The molecule has 0 aromatic rings. The van der Waals surface area contributed by atoms with E-state index in [9.17, 15) is 48.9 Å². The van der Waals surface area contributed by atoms with Gasteiger partial charge in [0.2, 0.25) is 12.6 Å². The average Bonchev–Trinajstić information content (AvgIpc) is 4.10. The Hall–Kier alpha value is -3.63. The van der Waals surface area contributed by atoms with Crippen molar-refractivity contribution in [3.05, 3.63) is 0 Å². The Balaban J connectivity index is 1.11. The summed E-state index contributed by atoms with van der Waals surface area (Å²) in [6.07, 6.45) is 4.91. The molecule has 0 spiro atoms. The van der Waals surface area contributed by atoms with Gasteiger partial charge < -0.3 is 43.7 Å². The van der Waals surface area contributed by atoms with Crippen molar-refractivity contribution in [2.75, 3.05) is 26.4 Å². The number of hydrogen-bond donors (Lipinski definition) is 3. The van der Waals surface area contributed by atoms with Gasteiger partial charge in [0.05, 0.1) is 61.2 Å². The van der Waals surface area contributed by atoms with E-state index in [4.69, 9.17) is 28.4 Å². The van der Waals surface area contributed by atoms with Crippen LogP contribution in [0.2, 0.25) is 0 Å². The van der Waals surface area contributed by atoms with Crippen molar-refractivity contribution in [1.29, 1.82) is 0 Å². The third-order valence-corrected chi connectivity index (χ3v) is 17.3. The molecule has 9 fully saturated rings.